The number of anilines is 2. The van der Waals surface area contributed by atoms with Gasteiger partial charge in [-0.2, -0.15) is 0 Å². The zero-order valence-corrected chi connectivity index (χ0v) is 19.2. The number of methoxy groups -OCH3 is 2. The van der Waals surface area contributed by atoms with E-state index in [1.54, 1.807) is 25.1 Å². The molecule has 1 aliphatic heterocycles. The summed E-state index contributed by atoms with van der Waals surface area (Å²) in [5.74, 6) is -3.54. The van der Waals surface area contributed by atoms with E-state index >= 15 is 8.78 Å². The van der Waals surface area contributed by atoms with Crippen molar-refractivity contribution in [2.75, 3.05) is 30.6 Å². The number of rotatable bonds is 7. The molecule has 3 aromatic rings. The topological polar surface area (TPSA) is 105 Å². The van der Waals surface area contributed by atoms with Crippen LogP contribution >= 0.6 is 0 Å². The van der Waals surface area contributed by atoms with Crippen LogP contribution in [-0.2, 0) is 17.8 Å². The van der Waals surface area contributed by atoms with E-state index in [9.17, 15) is 9.59 Å². The first-order chi connectivity index (χ1) is 16.8. The van der Waals surface area contributed by atoms with Gasteiger partial charge in [-0.05, 0) is 25.1 Å². The molecule has 1 N–H and O–H groups in total. The fraction of sp³-hybridized carbons (Fsp3) is 0.250. The molecule has 0 radical (unpaired) electrons. The number of carbonyl (C=O) groups excluding carboxylic acids is 1. The second-order valence-corrected chi connectivity index (χ2v) is 7.68. The van der Waals surface area contributed by atoms with Crippen LogP contribution in [0, 0.1) is 11.6 Å². The molecule has 1 aliphatic rings. The molecular weight excluding hydrogens is 462 g/mol. The quantitative estimate of drug-likeness (QED) is 0.540. The monoisotopic (exact) mass is 484 g/mol. The normalized spacial score (nSPS) is 13.0. The van der Waals surface area contributed by atoms with Gasteiger partial charge in [-0.15, -0.1) is 0 Å². The van der Waals surface area contributed by atoms with Gasteiger partial charge in [0.15, 0.2) is 23.1 Å². The molecule has 0 unspecified atom stereocenters. The maximum atomic E-state index is 15.1. The summed E-state index contributed by atoms with van der Waals surface area (Å²) in [6.07, 6.45) is 2.84. The molecule has 2 aromatic heterocycles. The molecule has 0 atom stereocenters. The molecule has 0 saturated heterocycles. The minimum absolute atomic E-state index is 0.127. The lowest BCUT2D eigenvalue weighted by molar-refractivity contribution is -0.136. The first-order valence-corrected chi connectivity index (χ1v) is 10.6. The number of hydrogen-bond acceptors (Lipinski definition) is 6. The molecule has 9 nitrogen and oxygen atoms in total. The molecular formula is C24H22F2N4O5. The predicted molar refractivity (Wildman–Crippen MR) is 123 cm³/mol. The zero-order valence-electron chi connectivity index (χ0n) is 19.2. The average Bonchev–Trinajstić information content (AvgIpc) is 2.84. The van der Waals surface area contributed by atoms with Crippen molar-refractivity contribution in [2.24, 2.45) is 0 Å². The summed E-state index contributed by atoms with van der Waals surface area (Å²) in [4.78, 5) is 35.2. The first-order valence-electron chi connectivity index (χ1n) is 10.6. The van der Waals surface area contributed by atoms with Crippen LogP contribution in [0.25, 0.3) is 11.3 Å². The van der Waals surface area contributed by atoms with Crippen LogP contribution in [0.5, 0.6) is 11.5 Å². The van der Waals surface area contributed by atoms with Crippen LogP contribution in [-0.4, -0.2) is 47.8 Å². The second-order valence-electron chi connectivity index (χ2n) is 7.68. The van der Waals surface area contributed by atoms with Crippen molar-refractivity contribution in [1.29, 1.82) is 0 Å². The highest BCUT2D eigenvalue weighted by Gasteiger charge is 2.36. The summed E-state index contributed by atoms with van der Waals surface area (Å²) in [7, 11) is 2.47. The van der Waals surface area contributed by atoms with Gasteiger partial charge in [0.25, 0.3) is 0 Å². The van der Waals surface area contributed by atoms with E-state index in [1.165, 1.54) is 31.5 Å². The SMILES string of the molecule is CCN1C(=O)N(c2c(F)c(OC)cc(OC)c2F)Cc2cnc(-c3ccc(CC(=O)O)nc3)cc21. The number of benzene rings is 1. The summed E-state index contributed by atoms with van der Waals surface area (Å²) in [5.41, 5.74) is 2.09. The molecule has 3 heterocycles. The molecule has 0 fully saturated rings. The molecule has 0 aliphatic carbocycles. The standard InChI is InChI=1S/C24H22F2N4O5/c1-4-29-17-8-16(13-5-6-15(27-10-13)7-20(31)32)28-11-14(17)12-30(24(29)33)23-21(25)18(34-2)9-19(35-3)22(23)26/h5-6,8-11H,4,7,12H2,1-3H3,(H,31,32). The number of urea groups is 1. The number of hydrogen-bond donors (Lipinski definition) is 1. The van der Waals surface area contributed by atoms with Gasteiger partial charge >= 0.3 is 12.0 Å². The van der Waals surface area contributed by atoms with Crippen LogP contribution in [0.1, 0.15) is 18.2 Å². The number of amides is 2. The summed E-state index contributed by atoms with van der Waals surface area (Å²) in [6.45, 7) is 1.84. The number of halogens is 2. The minimum Gasteiger partial charge on any atom is -0.493 e. The highest BCUT2D eigenvalue weighted by Crippen LogP contribution is 2.41. The summed E-state index contributed by atoms with van der Waals surface area (Å²) in [6, 6.07) is 5.44. The lowest BCUT2D eigenvalue weighted by Crippen LogP contribution is -2.48. The Labute approximate surface area is 199 Å². The van der Waals surface area contributed by atoms with Gasteiger partial charge in [0.05, 0.1) is 44.3 Å². The van der Waals surface area contributed by atoms with Crippen molar-refractivity contribution in [1.82, 2.24) is 9.97 Å². The third-order valence-corrected chi connectivity index (χ3v) is 5.63. The number of aliphatic carboxylic acids is 1. The number of carboxylic acids is 1. The Hall–Kier alpha value is -4.28. The molecule has 35 heavy (non-hydrogen) atoms. The van der Waals surface area contributed by atoms with Crippen molar-refractivity contribution in [2.45, 2.75) is 19.9 Å². The van der Waals surface area contributed by atoms with Gasteiger partial charge in [-0.25, -0.2) is 13.6 Å². The minimum atomic E-state index is -1.02. The van der Waals surface area contributed by atoms with E-state index < -0.39 is 29.3 Å². The van der Waals surface area contributed by atoms with Gasteiger partial charge in [-0.1, -0.05) is 0 Å². The van der Waals surface area contributed by atoms with Crippen LogP contribution < -0.4 is 19.3 Å². The van der Waals surface area contributed by atoms with Crippen molar-refractivity contribution in [3.05, 3.63) is 59.6 Å². The maximum absolute atomic E-state index is 15.1. The number of carbonyl (C=O) groups is 2. The number of pyridine rings is 2. The van der Waals surface area contributed by atoms with Gasteiger partial charge in [0.1, 0.15) is 5.69 Å². The molecule has 1 aromatic carbocycles. The van der Waals surface area contributed by atoms with Crippen LogP contribution in [0.3, 0.4) is 0 Å². The number of aromatic nitrogens is 2. The molecule has 0 bridgehead atoms. The molecule has 4 rings (SSSR count). The van der Waals surface area contributed by atoms with E-state index in [4.69, 9.17) is 14.6 Å². The average molecular weight is 484 g/mol. The van der Waals surface area contributed by atoms with E-state index in [1.807, 2.05) is 0 Å². The van der Waals surface area contributed by atoms with Crippen molar-refractivity contribution in [3.8, 4) is 22.8 Å². The van der Waals surface area contributed by atoms with Crippen LogP contribution in [0.4, 0.5) is 25.0 Å². The third kappa shape index (κ3) is 4.32. The maximum Gasteiger partial charge on any atom is 0.329 e. The molecule has 0 spiro atoms. The number of nitrogens with zero attached hydrogens (tertiary/aromatic N) is 4. The Kier molecular flexibility index (Phi) is 6.50. The van der Waals surface area contributed by atoms with Gasteiger partial charge in [0.2, 0.25) is 0 Å². The molecule has 182 valence electrons. The Morgan fingerprint density at radius 3 is 2.31 bits per heavy atom. The summed E-state index contributed by atoms with van der Waals surface area (Å²) in [5, 5.41) is 8.91. The van der Waals surface area contributed by atoms with Gasteiger partial charge in [0, 0.05) is 36.1 Å². The van der Waals surface area contributed by atoms with E-state index in [2.05, 4.69) is 9.97 Å². The van der Waals surface area contributed by atoms with Crippen molar-refractivity contribution < 1.29 is 33.0 Å². The zero-order chi connectivity index (χ0) is 25.3. The fourth-order valence-corrected chi connectivity index (χ4v) is 3.92. The lowest BCUT2D eigenvalue weighted by atomic mass is 10.1. The fourth-order valence-electron chi connectivity index (χ4n) is 3.92. The Morgan fingerprint density at radius 2 is 1.77 bits per heavy atom. The second kappa shape index (κ2) is 9.53. The molecule has 0 saturated carbocycles. The number of fused-ring (bicyclic) bond motifs is 1. The van der Waals surface area contributed by atoms with E-state index in [0.29, 0.717) is 28.2 Å². The molecule has 2 amide bonds. The van der Waals surface area contributed by atoms with Crippen molar-refractivity contribution in [3.63, 3.8) is 0 Å². The van der Waals surface area contributed by atoms with Gasteiger partial charge < -0.3 is 14.6 Å². The van der Waals surface area contributed by atoms with Gasteiger partial charge in [-0.3, -0.25) is 24.6 Å². The summed E-state index contributed by atoms with van der Waals surface area (Å²) < 4.78 is 40.2. The largest absolute Gasteiger partial charge is 0.493 e. The Bertz CT molecular complexity index is 1270. The highest BCUT2D eigenvalue weighted by molar-refractivity contribution is 6.06. The van der Waals surface area contributed by atoms with E-state index in [0.717, 1.165) is 11.0 Å². The van der Waals surface area contributed by atoms with Crippen molar-refractivity contribution >= 4 is 23.4 Å². The Balaban J connectivity index is 1.75. The summed E-state index contributed by atoms with van der Waals surface area (Å²) >= 11 is 0. The number of carboxylic acid groups (broad SMARTS) is 1. The predicted octanol–water partition coefficient (Wildman–Crippen LogP) is 4.03. The van der Waals surface area contributed by atoms with Crippen LogP contribution in [0.2, 0.25) is 0 Å². The number of ether oxygens (including phenoxy) is 2. The molecule has 11 heteroatoms. The smallest absolute Gasteiger partial charge is 0.329 e. The van der Waals surface area contributed by atoms with E-state index in [-0.39, 0.29) is 31.0 Å². The van der Waals surface area contributed by atoms with Crippen LogP contribution in [0.15, 0.2) is 36.7 Å². The highest BCUT2D eigenvalue weighted by atomic mass is 19.1. The Morgan fingerprint density at radius 1 is 1.09 bits per heavy atom. The first kappa shape index (κ1) is 23.9. The third-order valence-electron chi connectivity index (χ3n) is 5.63. The lowest BCUT2D eigenvalue weighted by Gasteiger charge is -2.37.